The lowest BCUT2D eigenvalue weighted by Gasteiger charge is -2.32. The summed E-state index contributed by atoms with van der Waals surface area (Å²) >= 11 is 0. The lowest BCUT2D eigenvalue weighted by Crippen LogP contribution is -2.35. The van der Waals surface area contributed by atoms with Crippen molar-refractivity contribution >= 4 is 11.9 Å². The van der Waals surface area contributed by atoms with Crippen molar-refractivity contribution in [1.29, 1.82) is 0 Å². The van der Waals surface area contributed by atoms with Crippen molar-refractivity contribution < 1.29 is 9.90 Å². The van der Waals surface area contributed by atoms with Gasteiger partial charge in [-0.25, -0.2) is 14.8 Å². The maximum atomic E-state index is 11.2. The fourth-order valence-corrected chi connectivity index (χ4v) is 3.29. The van der Waals surface area contributed by atoms with Gasteiger partial charge in [0, 0.05) is 19.3 Å². The fourth-order valence-electron chi connectivity index (χ4n) is 3.29. The first-order valence-corrected chi connectivity index (χ1v) is 8.55. The molecule has 2 aromatic rings. The summed E-state index contributed by atoms with van der Waals surface area (Å²) in [4.78, 5) is 22.1. The summed E-state index contributed by atoms with van der Waals surface area (Å²) in [5.41, 5.74) is 2.21. The Bertz CT molecular complexity index is 695. The van der Waals surface area contributed by atoms with Gasteiger partial charge >= 0.3 is 5.97 Å². The molecule has 0 unspecified atom stereocenters. The molecule has 1 aliphatic heterocycles. The van der Waals surface area contributed by atoms with Crippen molar-refractivity contribution in [3.63, 3.8) is 0 Å². The third kappa shape index (κ3) is 3.72. The van der Waals surface area contributed by atoms with Gasteiger partial charge in [0.1, 0.15) is 0 Å². The normalized spacial score (nSPS) is 15.5. The molecule has 1 N–H and O–H groups in total. The predicted molar refractivity (Wildman–Crippen MR) is 93.5 cm³/mol. The molecule has 0 saturated carbocycles. The number of carboxylic acid groups (broad SMARTS) is 1. The largest absolute Gasteiger partial charge is 0.478 e. The highest BCUT2D eigenvalue weighted by Crippen LogP contribution is 2.24. The van der Waals surface area contributed by atoms with E-state index < -0.39 is 5.97 Å². The first-order chi connectivity index (χ1) is 11.7. The number of nitrogens with zero attached hydrogens (tertiary/aromatic N) is 3. The summed E-state index contributed by atoms with van der Waals surface area (Å²) in [6, 6.07) is 10.6. The number of anilines is 1. The summed E-state index contributed by atoms with van der Waals surface area (Å²) in [5.74, 6) is 0.391. The number of carboxylic acids is 1. The average molecular weight is 325 g/mol. The molecule has 1 aromatic heterocycles. The van der Waals surface area contributed by atoms with Gasteiger partial charge in [-0.2, -0.15) is 0 Å². The van der Waals surface area contributed by atoms with Crippen LogP contribution >= 0.6 is 0 Å². The third-order valence-corrected chi connectivity index (χ3v) is 4.68. The van der Waals surface area contributed by atoms with Gasteiger partial charge in [-0.3, -0.25) is 0 Å². The van der Waals surface area contributed by atoms with E-state index in [0.29, 0.717) is 24.0 Å². The molecule has 0 atom stereocenters. The van der Waals surface area contributed by atoms with Gasteiger partial charge in [0.25, 0.3) is 0 Å². The van der Waals surface area contributed by atoms with Crippen LogP contribution in [-0.4, -0.2) is 34.1 Å². The quantitative estimate of drug-likeness (QED) is 0.914. The Morgan fingerprint density at radius 3 is 2.58 bits per heavy atom. The number of aryl methyl sites for hydroxylation is 1. The second-order valence-electron chi connectivity index (χ2n) is 6.31. The summed E-state index contributed by atoms with van der Waals surface area (Å²) in [7, 11) is 0. The number of aromatic nitrogens is 2. The molecule has 126 valence electrons. The lowest BCUT2D eigenvalue weighted by molar-refractivity contribution is 0.0694. The maximum absolute atomic E-state index is 11.2. The van der Waals surface area contributed by atoms with E-state index in [1.165, 1.54) is 11.8 Å². The van der Waals surface area contributed by atoms with Crippen LogP contribution in [0.5, 0.6) is 0 Å². The van der Waals surface area contributed by atoms with Crippen LogP contribution in [0.15, 0.2) is 36.5 Å². The van der Waals surface area contributed by atoms with Gasteiger partial charge < -0.3 is 10.0 Å². The molecule has 5 nitrogen and oxygen atoms in total. The number of piperidine rings is 1. The molecule has 1 aliphatic rings. The topological polar surface area (TPSA) is 66.3 Å². The van der Waals surface area contributed by atoms with Crippen molar-refractivity contribution in [2.45, 2.75) is 32.6 Å². The number of benzene rings is 1. The highest BCUT2D eigenvalue weighted by Gasteiger charge is 2.22. The average Bonchev–Trinajstić information content (AvgIpc) is 2.62. The first-order valence-electron chi connectivity index (χ1n) is 8.55. The molecule has 0 amide bonds. The van der Waals surface area contributed by atoms with Crippen LogP contribution < -0.4 is 4.90 Å². The van der Waals surface area contributed by atoms with Crippen molar-refractivity contribution in [3.05, 3.63) is 53.3 Å². The summed E-state index contributed by atoms with van der Waals surface area (Å²) in [5, 5.41) is 9.18. The molecule has 3 rings (SSSR count). The van der Waals surface area contributed by atoms with Gasteiger partial charge in [0.15, 0.2) is 0 Å². The van der Waals surface area contributed by atoms with E-state index in [9.17, 15) is 9.90 Å². The van der Waals surface area contributed by atoms with Gasteiger partial charge in [-0.05, 0) is 37.2 Å². The smallest absolute Gasteiger partial charge is 0.339 e. The third-order valence-electron chi connectivity index (χ3n) is 4.68. The standard InChI is InChI=1S/C19H23N3O2/c1-2-17-16(18(23)24)13-20-19(21-17)22-10-8-15(9-11-22)12-14-6-4-3-5-7-14/h3-7,13,15H,2,8-12H2,1H3,(H,23,24). The minimum absolute atomic E-state index is 0.209. The van der Waals surface area contributed by atoms with E-state index in [4.69, 9.17) is 0 Å². The number of aromatic carboxylic acids is 1. The van der Waals surface area contributed by atoms with Crippen LogP contribution in [0.4, 0.5) is 5.95 Å². The van der Waals surface area contributed by atoms with Crippen molar-refractivity contribution in [2.75, 3.05) is 18.0 Å². The van der Waals surface area contributed by atoms with Crippen LogP contribution in [0.3, 0.4) is 0 Å². The molecule has 1 aromatic carbocycles. The van der Waals surface area contributed by atoms with E-state index in [2.05, 4.69) is 45.2 Å². The zero-order chi connectivity index (χ0) is 16.9. The molecule has 1 fully saturated rings. The summed E-state index contributed by atoms with van der Waals surface area (Å²) in [6.45, 7) is 3.77. The Kier molecular flexibility index (Phi) is 5.08. The highest BCUT2D eigenvalue weighted by atomic mass is 16.4. The molecule has 5 heteroatoms. The highest BCUT2D eigenvalue weighted by molar-refractivity contribution is 5.88. The molecule has 0 spiro atoms. The van der Waals surface area contributed by atoms with Crippen LogP contribution in [0.2, 0.25) is 0 Å². The first kappa shape index (κ1) is 16.4. The van der Waals surface area contributed by atoms with Crippen LogP contribution in [0.1, 0.15) is 41.4 Å². The van der Waals surface area contributed by atoms with E-state index >= 15 is 0 Å². The van der Waals surface area contributed by atoms with Gasteiger partial charge in [0.05, 0.1) is 11.3 Å². The Hall–Kier alpha value is -2.43. The van der Waals surface area contributed by atoms with Gasteiger partial charge in [-0.15, -0.1) is 0 Å². The van der Waals surface area contributed by atoms with Crippen molar-refractivity contribution in [2.24, 2.45) is 5.92 Å². The monoisotopic (exact) mass is 325 g/mol. The molecular formula is C19H23N3O2. The van der Waals surface area contributed by atoms with Crippen LogP contribution in [0.25, 0.3) is 0 Å². The molecule has 1 saturated heterocycles. The van der Waals surface area contributed by atoms with E-state index in [0.717, 1.165) is 32.4 Å². The summed E-state index contributed by atoms with van der Waals surface area (Å²) in [6.07, 6.45) is 5.38. The van der Waals surface area contributed by atoms with Crippen molar-refractivity contribution in [1.82, 2.24) is 9.97 Å². The molecule has 0 bridgehead atoms. The Labute approximate surface area is 142 Å². The molecule has 0 radical (unpaired) electrons. The van der Waals surface area contributed by atoms with E-state index in [1.807, 2.05) is 6.92 Å². The van der Waals surface area contributed by atoms with Crippen molar-refractivity contribution in [3.8, 4) is 0 Å². The minimum Gasteiger partial charge on any atom is -0.478 e. The molecule has 0 aliphatic carbocycles. The zero-order valence-electron chi connectivity index (χ0n) is 14.0. The lowest BCUT2D eigenvalue weighted by atomic mass is 9.90. The van der Waals surface area contributed by atoms with Gasteiger partial charge in [-0.1, -0.05) is 37.3 Å². The fraction of sp³-hybridized carbons (Fsp3) is 0.421. The molecular weight excluding hydrogens is 302 g/mol. The second-order valence-corrected chi connectivity index (χ2v) is 6.31. The number of rotatable bonds is 5. The number of hydrogen-bond acceptors (Lipinski definition) is 4. The zero-order valence-corrected chi connectivity index (χ0v) is 14.0. The maximum Gasteiger partial charge on any atom is 0.339 e. The van der Waals surface area contributed by atoms with Crippen LogP contribution in [0, 0.1) is 5.92 Å². The van der Waals surface area contributed by atoms with Gasteiger partial charge in [0.2, 0.25) is 5.95 Å². The van der Waals surface area contributed by atoms with E-state index in [1.54, 1.807) is 0 Å². The molecule has 2 heterocycles. The SMILES string of the molecule is CCc1nc(N2CCC(Cc3ccccc3)CC2)ncc1C(=O)O. The predicted octanol–water partition coefficient (Wildman–Crippen LogP) is 3.20. The minimum atomic E-state index is -0.958. The van der Waals surface area contributed by atoms with E-state index in [-0.39, 0.29) is 5.56 Å². The Balaban J connectivity index is 1.63. The Morgan fingerprint density at radius 2 is 1.96 bits per heavy atom. The number of carbonyl (C=O) groups is 1. The summed E-state index contributed by atoms with van der Waals surface area (Å²) < 4.78 is 0. The number of hydrogen-bond donors (Lipinski definition) is 1. The second kappa shape index (κ2) is 7.43. The Morgan fingerprint density at radius 1 is 1.25 bits per heavy atom. The van der Waals surface area contributed by atoms with Crippen LogP contribution in [-0.2, 0) is 12.8 Å². The molecule has 24 heavy (non-hydrogen) atoms.